The minimum absolute atomic E-state index is 0.0972. The number of aliphatic hydroxyl groups is 3. The van der Waals surface area contributed by atoms with Crippen molar-refractivity contribution in [2.24, 2.45) is 17.3 Å². The topological polar surface area (TPSA) is 98.0 Å². The van der Waals surface area contributed by atoms with Crippen LogP contribution in [-0.2, 0) is 4.79 Å². The summed E-state index contributed by atoms with van der Waals surface area (Å²) in [4.78, 5) is 10.7. The van der Waals surface area contributed by atoms with Crippen molar-refractivity contribution in [3.8, 4) is 0 Å². The predicted octanol–water partition coefficient (Wildman–Crippen LogP) is 3.95. The van der Waals surface area contributed by atoms with E-state index < -0.39 is 17.9 Å². The largest absolute Gasteiger partial charge is 0.477 e. The van der Waals surface area contributed by atoms with Gasteiger partial charge in [0.1, 0.15) is 6.10 Å². The van der Waals surface area contributed by atoms with Gasteiger partial charge in [0.25, 0.3) is 5.79 Å². The molecule has 158 valence electrons. The Bertz CT molecular complexity index is 586. The van der Waals surface area contributed by atoms with E-state index in [1.165, 1.54) is 44.9 Å². The maximum Gasteiger partial charge on any atom is 0.366 e. The minimum atomic E-state index is -3.10. The van der Waals surface area contributed by atoms with Crippen LogP contribution in [0.2, 0.25) is 0 Å². The average molecular weight is 393 g/mol. The highest BCUT2D eigenvalue weighted by atomic mass is 16.6. The molecule has 0 saturated heterocycles. The molecule has 3 atom stereocenters. The molecular weight excluding hydrogens is 356 g/mol. The molecule has 0 aromatic carbocycles. The lowest BCUT2D eigenvalue weighted by molar-refractivity contribution is -0.235. The maximum absolute atomic E-state index is 10.7. The van der Waals surface area contributed by atoms with Crippen LogP contribution >= 0.6 is 0 Å². The zero-order chi connectivity index (χ0) is 20.6. The molecule has 2 saturated carbocycles. The Balaban J connectivity index is 1.78. The van der Waals surface area contributed by atoms with Gasteiger partial charge in [-0.2, -0.15) is 0 Å². The van der Waals surface area contributed by atoms with Gasteiger partial charge in [0.15, 0.2) is 0 Å². The summed E-state index contributed by atoms with van der Waals surface area (Å²) in [6, 6.07) is 0. The highest BCUT2D eigenvalue weighted by Gasteiger charge is 2.41. The predicted molar refractivity (Wildman–Crippen MR) is 109 cm³/mol. The lowest BCUT2D eigenvalue weighted by Crippen LogP contribution is -2.49. The van der Waals surface area contributed by atoms with E-state index >= 15 is 0 Å². The van der Waals surface area contributed by atoms with Crippen LogP contribution in [0, 0.1) is 17.3 Å². The summed E-state index contributed by atoms with van der Waals surface area (Å²) in [6.45, 7) is 2.08. The third-order valence-corrected chi connectivity index (χ3v) is 6.60. The van der Waals surface area contributed by atoms with Crippen molar-refractivity contribution in [2.45, 2.75) is 83.0 Å². The molecule has 5 heteroatoms. The molecule has 0 amide bonds. The number of carboxylic acid groups (broad SMARTS) is 1. The Morgan fingerprint density at radius 3 is 2.43 bits per heavy atom. The van der Waals surface area contributed by atoms with Gasteiger partial charge >= 0.3 is 5.97 Å². The van der Waals surface area contributed by atoms with E-state index in [9.17, 15) is 20.1 Å². The summed E-state index contributed by atoms with van der Waals surface area (Å²) in [5.41, 5.74) is 0.485. The van der Waals surface area contributed by atoms with Crippen LogP contribution in [0.15, 0.2) is 36.5 Å². The molecule has 2 aliphatic carbocycles. The van der Waals surface area contributed by atoms with Gasteiger partial charge in [-0.15, -0.1) is 0 Å². The number of carboxylic acids is 1. The Morgan fingerprint density at radius 2 is 1.82 bits per heavy atom. The first-order chi connectivity index (χ1) is 13.3. The van der Waals surface area contributed by atoms with Gasteiger partial charge in [-0.05, 0) is 75.5 Å². The van der Waals surface area contributed by atoms with Crippen LogP contribution in [0.25, 0.3) is 0 Å². The molecule has 0 aromatic rings. The molecule has 0 heterocycles. The van der Waals surface area contributed by atoms with Gasteiger partial charge < -0.3 is 20.4 Å². The Kier molecular flexibility index (Phi) is 8.47. The molecular formula is C23H36O5. The van der Waals surface area contributed by atoms with E-state index in [0.717, 1.165) is 12.8 Å². The summed E-state index contributed by atoms with van der Waals surface area (Å²) in [6.07, 6.45) is 21.8. The summed E-state index contributed by atoms with van der Waals surface area (Å²) >= 11 is 0. The molecule has 2 aliphatic rings. The Morgan fingerprint density at radius 1 is 1.11 bits per heavy atom. The van der Waals surface area contributed by atoms with Crippen LogP contribution in [0.5, 0.6) is 0 Å². The molecule has 0 radical (unpaired) electrons. The number of allylic oxidation sites excluding steroid dienone is 5. The van der Waals surface area contributed by atoms with E-state index in [4.69, 9.17) is 5.11 Å². The molecule has 2 rings (SSSR count). The fourth-order valence-electron chi connectivity index (χ4n) is 4.44. The molecule has 5 nitrogen and oxygen atoms in total. The van der Waals surface area contributed by atoms with Crippen molar-refractivity contribution < 1.29 is 25.2 Å². The van der Waals surface area contributed by atoms with E-state index in [-0.39, 0.29) is 6.42 Å². The van der Waals surface area contributed by atoms with Crippen LogP contribution in [0.3, 0.4) is 0 Å². The first-order valence-corrected chi connectivity index (χ1v) is 10.6. The van der Waals surface area contributed by atoms with Gasteiger partial charge in [0.05, 0.1) is 0 Å². The molecule has 0 aliphatic heterocycles. The molecule has 28 heavy (non-hydrogen) atoms. The van der Waals surface area contributed by atoms with Crippen LogP contribution in [-0.4, -0.2) is 38.3 Å². The van der Waals surface area contributed by atoms with Gasteiger partial charge in [-0.25, -0.2) is 4.79 Å². The fourth-order valence-corrected chi connectivity index (χ4v) is 4.44. The zero-order valence-corrected chi connectivity index (χ0v) is 17.0. The third kappa shape index (κ3) is 6.03. The molecule has 0 aromatic heterocycles. The van der Waals surface area contributed by atoms with Gasteiger partial charge in [0, 0.05) is 0 Å². The van der Waals surface area contributed by atoms with Gasteiger partial charge in [-0.3, -0.25) is 0 Å². The lowest BCUT2D eigenvalue weighted by Gasteiger charge is -2.41. The van der Waals surface area contributed by atoms with Crippen LogP contribution < -0.4 is 0 Å². The fraction of sp³-hybridized carbons (Fsp3) is 0.696. The van der Waals surface area contributed by atoms with E-state index in [2.05, 4.69) is 31.2 Å². The molecule has 1 unspecified atom stereocenters. The Labute approximate surface area is 168 Å². The number of hydrogen-bond donors (Lipinski definition) is 4. The van der Waals surface area contributed by atoms with Crippen molar-refractivity contribution in [3.63, 3.8) is 0 Å². The third-order valence-electron chi connectivity index (χ3n) is 6.60. The number of aliphatic carboxylic acids is 1. The van der Waals surface area contributed by atoms with E-state index in [1.807, 2.05) is 6.08 Å². The van der Waals surface area contributed by atoms with Gasteiger partial charge in [0.2, 0.25) is 0 Å². The normalized spacial score (nSPS) is 26.3. The van der Waals surface area contributed by atoms with Crippen molar-refractivity contribution in [3.05, 3.63) is 36.5 Å². The second-order valence-corrected chi connectivity index (χ2v) is 8.60. The van der Waals surface area contributed by atoms with Crippen molar-refractivity contribution in [1.29, 1.82) is 0 Å². The second-order valence-electron chi connectivity index (χ2n) is 8.60. The quantitative estimate of drug-likeness (QED) is 0.315. The molecule has 0 spiro atoms. The second kappa shape index (κ2) is 10.4. The number of carbonyl (C=O) groups is 1. The average Bonchev–Trinajstić information content (AvgIpc) is 3.07. The van der Waals surface area contributed by atoms with Crippen molar-refractivity contribution in [2.75, 3.05) is 0 Å². The monoisotopic (exact) mass is 392 g/mol. The smallest absolute Gasteiger partial charge is 0.366 e. The van der Waals surface area contributed by atoms with E-state index in [1.54, 1.807) is 6.08 Å². The van der Waals surface area contributed by atoms with E-state index in [0.29, 0.717) is 17.3 Å². The molecule has 2 fully saturated rings. The summed E-state index contributed by atoms with van der Waals surface area (Å²) in [5, 5.41) is 36.9. The standard InChI is InChI=1S/C23H36O5/c1-2-3-14-22(16-8-17-22)15-7-12-19-11-6-10-18(19)9-4-5-13-20(24)23(27,28)21(25)26/h2-5,7,12,18-20,24,27-28H,6,8-11,13-17H2,1H3,(H,25,26)/t18-,19+,20?/m0/s1. The van der Waals surface area contributed by atoms with Crippen molar-refractivity contribution >= 4 is 5.97 Å². The number of aliphatic hydroxyl groups excluding tert-OH is 1. The van der Waals surface area contributed by atoms with Crippen LogP contribution in [0.4, 0.5) is 0 Å². The highest BCUT2D eigenvalue weighted by molar-refractivity contribution is 5.75. The zero-order valence-electron chi connectivity index (χ0n) is 17.0. The maximum atomic E-state index is 10.7. The van der Waals surface area contributed by atoms with Crippen LogP contribution in [0.1, 0.15) is 71.1 Å². The Hall–Kier alpha value is -1.43. The number of hydrogen-bond acceptors (Lipinski definition) is 4. The first-order valence-electron chi connectivity index (χ1n) is 10.6. The summed E-state index contributed by atoms with van der Waals surface area (Å²) in [7, 11) is 0. The first kappa shape index (κ1) is 22.9. The number of rotatable bonds is 11. The minimum Gasteiger partial charge on any atom is -0.477 e. The van der Waals surface area contributed by atoms with Crippen molar-refractivity contribution in [1.82, 2.24) is 0 Å². The summed E-state index contributed by atoms with van der Waals surface area (Å²) in [5.74, 6) is -3.81. The SMILES string of the molecule is CC=CCC1(CC=C[C@H]2CCC[C@@H]2CC=CCC(O)C(O)(O)C(=O)O)CCC1. The molecule has 4 N–H and O–H groups in total. The van der Waals surface area contributed by atoms with Gasteiger partial charge in [-0.1, -0.05) is 49.3 Å². The summed E-state index contributed by atoms with van der Waals surface area (Å²) < 4.78 is 0. The lowest BCUT2D eigenvalue weighted by atomic mass is 9.64. The molecule has 0 bridgehead atoms. The highest BCUT2D eigenvalue weighted by Crippen LogP contribution is 2.47.